The van der Waals surface area contributed by atoms with Gasteiger partial charge in [0.1, 0.15) is 17.6 Å². The molecular weight excluding hydrogens is 252 g/mol. The van der Waals surface area contributed by atoms with Gasteiger partial charge in [-0.15, -0.1) is 0 Å². The highest BCUT2D eigenvalue weighted by Crippen LogP contribution is 2.23. The molecule has 0 bridgehead atoms. The summed E-state index contributed by atoms with van der Waals surface area (Å²) in [5, 5.41) is 8.88. The van der Waals surface area contributed by atoms with Gasteiger partial charge in [-0.05, 0) is 35.9 Å². The second-order valence-corrected chi connectivity index (χ2v) is 4.25. The Kier molecular flexibility index (Phi) is 4.59. The Morgan fingerprint density at radius 3 is 2.50 bits per heavy atom. The Morgan fingerprint density at radius 2 is 1.90 bits per heavy atom. The van der Waals surface area contributed by atoms with Gasteiger partial charge in [0.05, 0.1) is 18.7 Å². The van der Waals surface area contributed by atoms with Gasteiger partial charge in [0.2, 0.25) is 0 Å². The SMILES string of the molecule is COc1ccc(C(CN)Oc2cccc(C#N)c2)cc1. The number of benzene rings is 2. The van der Waals surface area contributed by atoms with E-state index >= 15 is 0 Å². The third-order valence-corrected chi connectivity index (χ3v) is 2.94. The summed E-state index contributed by atoms with van der Waals surface area (Å²) in [6.45, 7) is 0.350. The van der Waals surface area contributed by atoms with Gasteiger partial charge in [0.25, 0.3) is 0 Å². The van der Waals surface area contributed by atoms with E-state index in [1.165, 1.54) is 0 Å². The van der Waals surface area contributed by atoms with Crippen molar-refractivity contribution in [2.75, 3.05) is 13.7 Å². The molecule has 0 aromatic heterocycles. The molecule has 0 aliphatic rings. The van der Waals surface area contributed by atoms with Gasteiger partial charge in [-0.1, -0.05) is 18.2 Å². The van der Waals surface area contributed by atoms with Crippen molar-refractivity contribution in [2.24, 2.45) is 5.73 Å². The van der Waals surface area contributed by atoms with Gasteiger partial charge in [0, 0.05) is 6.54 Å². The molecule has 0 spiro atoms. The lowest BCUT2D eigenvalue weighted by Crippen LogP contribution is -2.18. The van der Waals surface area contributed by atoms with Gasteiger partial charge in [-0.3, -0.25) is 0 Å². The second kappa shape index (κ2) is 6.60. The number of nitriles is 1. The van der Waals surface area contributed by atoms with Crippen LogP contribution in [0.15, 0.2) is 48.5 Å². The molecule has 0 radical (unpaired) electrons. The Balaban J connectivity index is 2.17. The molecule has 0 aliphatic carbocycles. The fraction of sp³-hybridized carbons (Fsp3) is 0.188. The summed E-state index contributed by atoms with van der Waals surface area (Å²) in [4.78, 5) is 0. The van der Waals surface area contributed by atoms with Crippen molar-refractivity contribution in [3.63, 3.8) is 0 Å². The van der Waals surface area contributed by atoms with Gasteiger partial charge in [-0.25, -0.2) is 0 Å². The van der Waals surface area contributed by atoms with Crippen LogP contribution in [0.5, 0.6) is 11.5 Å². The minimum atomic E-state index is -0.255. The standard InChI is InChI=1S/C16H16N2O2/c1-19-14-7-5-13(6-8-14)16(11-18)20-15-4-2-3-12(9-15)10-17/h2-9,16H,11,18H2,1H3. The number of hydrogen-bond donors (Lipinski definition) is 1. The predicted octanol–water partition coefficient (Wildman–Crippen LogP) is 2.65. The van der Waals surface area contributed by atoms with Crippen LogP contribution in [0, 0.1) is 11.3 Å². The largest absolute Gasteiger partial charge is 0.497 e. The van der Waals surface area contributed by atoms with E-state index in [0.29, 0.717) is 17.9 Å². The lowest BCUT2D eigenvalue weighted by Gasteiger charge is -2.18. The van der Waals surface area contributed by atoms with E-state index in [1.54, 1.807) is 25.3 Å². The summed E-state index contributed by atoms with van der Waals surface area (Å²) in [6, 6.07) is 16.7. The Labute approximate surface area is 118 Å². The quantitative estimate of drug-likeness (QED) is 0.905. The maximum Gasteiger partial charge on any atom is 0.136 e. The highest BCUT2D eigenvalue weighted by Gasteiger charge is 2.12. The molecule has 2 aromatic carbocycles. The molecule has 0 heterocycles. The molecule has 4 heteroatoms. The third-order valence-electron chi connectivity index (χ3n) is 2.94. The summed E-state index contributed by atoms with van der Waals surface area (Å²) in [5.41, 5.74) is 7.30. The van der Waals surface area contributed by atoms with Crippen LogP contribution in [0.1, 0.15) is 17.2 Å². The van der Waals surface area contributed by atoms with Crippen LogP contribution in [-0.2, 0) is 0 Å². The summed E-state index contributed by atoms with van der Waals surface area (Å²) < 4.78 is 11.0. The first-order valence-electron chi connectivity index (χ1n) is 6.27. The van der Waals surface area contributed by atoms with Crippen molar-refractivity contribution in [1.82, 2.24) is 0 Å². The summed E-state index contributed by atoms with van der Waals surface area (Å²) in [7, 11) is 1.62. The maximum absolute atomic E-state index is 8.88. The molecule has 0 saturated heterocycles. The number of rotatable bonds is 5. The van der Waals surface area contributed by atoms with Gasteiger partial charge in [-0.2, -0.15) is 5.26 Å². The number of hydrogen-bond acceptors (Lipinski definition) is 4. The first-order valence-corrected chi connectivity index (χ1v) is 6.27. The van der Waals surface area contributed by atoms with Crippen LogP contribution in [0.2, 0.25) is 0 Å². The van der Waals surface area contributed by atoms with E-state index in [1.807, 2.05) is 30.3 Å². The molecule has 0 amide bonds. The second-order valence-electron chi connectivity index (χ2n) is 4.25. The van der Waals surface area contributed by atoms with Crippen LogP contribution >= 0.6 is 0 Å². The summed E-state index contributed by atoms with van der Waals surface area (Å²) in [5.74, 6) is 1.42. The Bertz CT molecular complexity index is 603. The van der Waals surface area contributed by atoms with E-state index in [9.17, 15) is 0 Å². The van der Waals surface area contributed by atoms with Crippen LogP contribution in [-0.4, -0.2) is 13.7 Å². The maximum atomic E-state index is 8.88. The first kappa shape index (κ1) is 13.9. The van der Waals surface area contributed by atoms with Crippen molar-refractivity contribution in [1.29, 1.82) is 5.26 Å². The Hall–Kier alpha value is -2.51. The third kappa shape index (κ3) is 3.28. The average Bonchev–Trinajstić information content (AvgIpc) is 2.53. The topological polar surface area (TPSA) is 68.3 Å². The van der Waals surface area contributed by atoms with Crippen molar-refractivity contribution in [3.05, 3.63) is 59.7 Å². The first-order chi connectivity index (χ1) is 9.76. The van der Waals surface area contributed by atoms with E-state index in [4.69, 9.17) is 20.5 Å². The van der Waals surface area contributed by atoms with Crippen LogP contribution < -0.4 is 15.2 Å². The Morgan fingerprint density at radius 1 is 1.15 bits per heavy atom. The van der Waals surface area contributed by atoms with Crippen LogP contribution in [0.4, 0.5) is 0 Å². The zero-order chi connectivity index (χ0) is 14.4. The molecular formula is C16H16N2O2. The van der Waals surface area contributed by atoms with E-state index in [2.05, 4.69) is 6.07 Å². The fourth-order valence-corrected chi connectivity index (χ4v) is 1.87. The molecule has 4 nitrogen and oxygen atoms in total. The molecule has 0 fully saturated rings. The lowest BCUT2D eigenvalue weighted by molar-refractivity contribution is 0.214. The van der Waals surface area contributed by atoms with Crippen molar-refractivity contribution < 1.29 is 9.47 Å². The lowest BCUT2D eigenvalue weighted by atomic mass is 10.1. The van der Waals surface area contributed by atoms with E-state index < -0.39 is 0 Å². The molecule has 2 N–H and O–H groups in total. The molecule has 1 unspecified atom stereocenters. The monoisotopic (exact) mass is 268 g/mol. The highest BCUT2D eigenvalue weighted by atomic mass is 16.5. The fourth-order valence-electron chi connectivity index (χ4n) is 1.87. The zero-order valence-electron chi connectivity index (χ0n) is 11.2. The van der Waals surface area contributed by atoms with Crippen molar-refractivity contribution in [3.8, 4) is 17.6 Å². The molecule has 102 valence electrons. The number of nitrogens with two attached hydrogens (primary N) is 1. The van der Waals surface area contributed by atoms with E-state index in [0.717, 1.165) is 11.3 Å². The summed E-state index contributed by atoms with van der Waals surface area (Å²) >= 11 is 0. The molecule has 0 saturated carbocycles. The van der Waals surface area contributed by atoms with Crippen LogP contribution in [0.3, 0.4) is 0 Å². The number of nitrogens with zero attached hydrogens (tertiary/aromatic N) is 1. The van der Waals surface area contributed by atoms with E-state index in [-0.39, 0.29) is 6.10 Å². The van der Waals surface area contributed by atoms with Gasteiger partial charge < -0.3 is 15.2 Å². The highest BCUT2D eigenvalue weighted by molar-refractivity contribution is 5.37. The van der Waals surface area contributed by atoms with Crippen molar-refractivity contribution >= 4 is 0 Å². The average molecular weight is 268 g/mol. The molecule has 0 aliphatic heterocycles. The predicted molar refractivity (Wildman–Crippen MR) is 76.6 cm³/mol. The minimum absolute atomic E-state index is 0.255. The van der Waals surface area contributed by atoms with Gasteiger partial charge >= 0.3 is 0 Å². The molecule has 20 heavy (non-hydrogen) atoms. The van der Waals surface area contributed by atoms with Crippen LogP contribution in [0.25, 0.3) is 0 Å². The summed E-state index contributed by atoms with van der Waals surface area (Å²) in [6.07, 6.45) is -0.255. The normalized spacial score (nSPS) is 11.4. The minimum Gasteiger partial charge on any atom is -0.497 e. The smallest absolute Gasteiger partial charge is 0.136 e. The zero-order valence-corrected chi connectivity index (χ0v) is 11.2. The van der Waals surface area contributed by atoms with Gasteiger partial charge in [0.15, 0.2) is 0 Å². The molecule has 1 atom stereocenters. The van der Waals surface area contributed by atoms with Crippen molar-refractivity contribution in [2.45, 2.75) is 6.10 Å². The number of ether oxygens (including phenoxy) is 2. The molecule has 2 rings (SSSR count). The number of methoxy groups -OCH3 is 1. The molecule has 2 aromatic rings.